The maximum absolute atomic E-state index is 11.8. The lowest BCUT2D eigenvalue weighted by molar-refractivity contribution is -0.165. The summed E-state index contributed by atoms with van der Waals surface area (Å²) in [5.41, 5.74) is 0. The highest BCUT2D eigenvalue weighted by Crippen LogP contribution is 2.19. The molecule has 0 aromatic heterocycles. The third kappa shape index (κ3) is 3.45. The lowest BCUT2D eigenvalue weighted by atomic mass is 10.0. The highest BCUT2D eigenvalue weighted by atomic mass is 16.5. The number of morpholine rings is 1. The molecule has 2 unspecified atom stereocenters. The van der Waals surface area contributed by atoms with Crippen molar-refractivity contribution in [2.24, 2.45) is 0 Å². The number of carbonyl (C=O) groups is 2. The van der Waals surface area contributed by atoms with E-state index in [9.17, 15) is 9.59 Å². The second-order valence-corrected chi connectivity index (χ2v) is 5.21. The number of aliphatic carboxylic acids is 1. The van der Waals surface area contributed by atoms with Gasteiger partial charge in [0, 0.05) is 12.6 Å². The lowest BCUT2D eigenvalue weighted by Crippen LogP contribution is -2.54. The zero-order chi connectivity index (χ0) is 13.8. The number of ether oxygens (including phenoxy) is 1. The first kappa shape index (κ1) is 14.3. The third-order valence-corrected chi connectivity index (χ3v) is 4.01. The Kier molecular flexibility index (Phi) is 4.76. The van der Waals surface area contributed by atoms with Crippen molar-refractivity contribution in [3.63, 3.8) is 0 Å². The summed E-state index contributed by atoms with van der Waals surface area (Å²) in [5, 5.41) is 8.97. The van der Waals surface area contributed by atoms with Crippen LogP contribution in [0.25, 0.3) is 0 Å². The molecule has 2 heterocycles. The van der Waals surface area contributed by atoms with Crippen molar-refractivity contribution in [3.05, 3.63) is 0 Å². The van der Waals surface area contributed by atoms with Gasteiger partial charge in [-0.05, 0) is 25.9 Å². The van der Waals surface area contributed by atoms with E-state index in [2.05, 4.69) is 11.8 Å². The summed E-state index contributed by atoms with van der Waals surface area (Å²) in [6.07, 6.45) is 2.59. The molecule has 0 spiro atoms. The molecular formula is C13H22N2O4. The smallest absolute Gasteiger partial charge is 0.334 e. The normalized spacial score (nSPS) is 29.5. The van der Waals surface area contributed by atoms with Crippen LogP contribution in [0.2, 0.25) is 0 Å². The molecule has 19 heavy (non-hydrogen) atoms. The standard InChI is InChI=1S/C13H22N2O4/c1-2-14-6-4-3-5-10(14)7-15-8-11(13(17)18)19-9-12(15)16/h10-11H,2-9H2,1H3,(H,17,18). The molecule has 2 aliphatic rings. The summed E-state index contributed by atoms with van der Waals surface area (Å²) in [7, 11) is 0. The molecule has 6 nitrogen and oxygen atoms in total. The van der Waals surface area contributed by atoms with Crippen LogP contribution in [-0.4, -0.2) is 71.7 Å². The summed E-state index contributed by atoms with van der Waals surface area (Å²) in [6, 6.07) is 0.357. The van der Waals surface area contributed by atoms with Gasteiger partial charge in [0.05, 0.1) is 6.54 Å². The second-order valence-electron chi connectivity index (χ2n) is 5.21. The first-order valence-electron chi connectivity index (χ1n) is 6.98. The molecule has 2 aliphatic heterocycles. The van der Waals surface area contributed by atoms with E-state index in [0.717, 1.165) is 19.5 Å². The molecular weight excluding hydrogens is 248 g/mol. The zero-order valence-electron chi connectivity index (χ0n) is 11.4. The predicted octanol–water partition coefficient (Wildman–Crippen LogP) is 0.173. The Bertz CT molecular complexity index is 348. The number of hydrogen-bond acceptors (Lipinski definition) is 4. The van der Waals surface area contributed by atoms with Crippen molar-refractivity contribution < 1.29 is 19.4 Å². The quantitative estimate of drug-likeness (QED) is 0.788. The fraction of sp³-hybridized carbons (Fsp3) is 0.846. The Morgan fingerprint density at radius 3 is 2.95 bits per heavy atom. The number of carbonyl (C=O) groups excluding carboxylic acids is 1. The van der Waals surface area contributed by atoms with E-state index in [1.54, 1.807) is 4.90 Å². The Morgan fingerprint density at radius 1 is 1.47 bits per heavy atom. The van der Waals surface area contributed by atoms with E-state index < -0.39 is 12.1 Å². The van der Waals surface area contributed by atoms with E-state index >= 15 is 0 Å². The number of carboxylic acid groups (broad SMARTS) is 1. The predicted molar refractivity (Wildman–Crippen MR) is 68.8 cm³/mol. The summed E-state index contributed by atoms with van der Waals surface area (Å²) in [4.78, 5) is 26.8. The molecule has 0 aliphatic carbocycles. The monoisotopic (exact) mass is 270 g/mol. The van der Waals surface area contributed by atoms with E-state index in [1.165, 1.54) is 12.8 Å². The number of hydrogen-bond donors (Lipinski definition) is 1. The molecule has 2 fully saturated rings. The van der Waals surface area contributed by atoms with Crippen LogP contribution >= 0.6 is 0 Å². The Hall–Kier alpha value is -1.14. The van der Waals surface area contributed by atoms with Crippen LogP contribution in [0.1, 0.15) is 26.2 Å². The number of likely N-dealkylation sites (N-methyl/N-ethyl adjacent to an activating group) is 1. The third-order valence-electron chi connectivity index (χ3n) is 4.01. The van der Waals surface area contributed by atoms with Gasteiger partial charge in [0.25, 0.3) is 0 Å². The van der Waals surface area contributed by atoms with Crippen molar-refractivity contribution in [1.82, 2.24) is 9.80 Å². The molecule has 0 radical (unpaired) electrons. The molecule has 1 N–H and O–H groups in total. The van der Waals surface area contributed by atoms with Gasteiger partial charge >= 0.3 is 5.97 Å². The molecule has 1 amide bonds. The molecule has 0 bridgehead atoms. The van der Waals surface area contributed by atoms with Crippen molar-refractivity contribution in [2.45, 2.75) is 38.3 Å². The van der Waals surface area contributed by atoms with Gasteiger partial charge in [0.1, 0.15) is 6.61 Å². The molecule has 108 valence electrons. The minimum absolute atomic E-state index is 0.0980. The molecule has 2 atom stereocenters. The Labute approximate surface area is 113 Å². The maximum atomic E-state index is 11.8. The van der Waals surface area contributed by atoms with Gasteiger partial charge in [-0.2, -0.15) is 0 Å². The first-order valence-corrected chi connectivity index (χ1v) is 6.98. The first-order chi connectivity index (χ1) is 9.11. The van der Waals surface area contributed by atoms with Crippen molar-refractivity contribution in [2.75, 3.05) is 32.8 Å². The van der Waals surface area contributed by atoms with Gasteiger partial charge in [-0.1, -0.05) is 13.3 Å². The van der Waals surface area contributed by atoms with Gasteiger partial charge in [-0.3, -0.25) is 9.69 Å². The lowest BCUT2D eigenvalue weighted by Gasteiger charge is -2.40. The number of likely N-dealkylation sites (tertiary alicyclic amines) is 1. The summed E-state index contributed by atoms with van der Waals surface area (Å²) < 4.78 is 5.02. The zero-order valence-corrected chi connectivity index (χ0v) is 11.4. The molecule has 2 saturated heterocycles. The highest BCUT2D eigenvalue weighted by Gasteiger charge is 2.33. The van der Waals surface area contributed by atoms with Crippen LogP contribution in [0, 0.1) is 0 Å². The van der Waals surface area contributed by atoms with Crippen LogP contribution in [0.5, 0.6) is 0 Å². The molecule has 2 rings (SSSR count). The largest absolute Gasteiger partial charge is 0.479 e. The van der Waals surface area contributed by atoms with E-state index in [4.69, 9.17) is 9.84 Å². The highest BCUT2D eigenvalue weighted by molar-refractivity contribution is 5.81. The molecule has 0 saturated carbocycles. The fourth-order valence-corrected chi connectivity index (χ4v) is 2.88. The van der Waals surface area contributed by atoms with Crippen LogP contribution in [0.15, 0.2) is 0 Å². The SMILES string of the molecule is CCN1CCCCC1CN1CC(C(=O)O)OCC1=O. The number of nitrogens with zero attached hydrogens (tertiary/aromatic N) is 2. The van der Waals surface area contributed by atoms with Gasteiger partial charge in [0.2, 0.25) is 5.91 Å². The topological polar surface area (TPSA) is 70.1 Å². The second kappa shape index (κ2) is 6.34. The van der Waals surface area contributed by atoms with Crippen molar-refractivity contribution >= 4 is 11.9 Å². The average Bonchev–Trinajstić information content (AvgIpc) is 2.41. The van der Waals surface area contributed by atoms with E-state index in [1.807, 2.05) is 0 Å². The summed E-state index contributed by atoms with van der Waals surface area (Å²) in [5.74, 6) is -1.09. The summed E-state index contributed by atoms with van der Waals surface area (Å²) in [6.45, 7) is 4.85. The number of piperidine rings is 1. The Morgan fingerprint density at radius 2 is 2.26 bits per heavy atom. The van der Waals surface area contributed by atoms with Crippen molar-refractivity contribution in [1.29, 1.82) is 0 Å². The maximum Gasteiger partial charge on any atom is 0.334 e. The average molecular weight is 270 g/mol. The fourth-order valence-electron chi connectivity index (χ4n) is 2.88. The van der Waals surface area contributed by atoms with Crippen LogP contribution in [-0.2, 0) is 14.3 Å². The minimum Gasteiger partial charge on any atom is -0.479 e. The molecule has 0 aromatic rings. The van der Waals surface area contributed by atoms with Crippen LogP contribution in [0.4, 0.5) is 0 Å². The molecule has 6 heteroatoms. The minimum atomic E-state index is -0.992. The van der Waals surface area contributed by atoms with Gasteiger partial charge in [-0.15, -0.1) is 0 Å². The van der Waals surface area contributed by atoms with Gasteiger partial charge < -0.3 is 14.7 Å². The van der Waals surface area contributed by atoms with Crippen LogP contribution < -0.4 is 0 Å². The number of carboxylic acids is 1. The number of amides is 1. The number of rotatable bonds is 4. The Balaban J connectivity index is 1.95. The van der Waals surface area contributed by atoms with Gasteiger partial charge in [0.15, 0.2) is 6.10 Å². The van der Waals surface area contributed by atoms with Crippen LogP contribution in [0.3, 0.4) is 0 Å². The van der Waals surface area contributed by atoms with Gasteiger partial charge in [-0.25, -0.2) is 4.79 Å². The van der Waals surface area contributed by atoms with E-state index in [0.29, 0.717) is 12.6 Å². The summed E-state index contributed by atoms with van der Waals surface area (Å²) >= 11 is 0. The van der Waals surface area contributed by atoms with Crippen molar-refractivity contribution in [3.8, 4) is 0 Å². The van der Waals surface area contributed by atoms with E-state index in [-0.39, 0.29) is 19.1 Å². The molecule has 0 aromatic carbocycles.